The molecule has 0 aliphatic heterocycles. The molecule has 0 aromatic carbocycles. The molecule has 0 bridgehead atoms. The summed E-state index contributed by atoms with van der Waals surface area (Å²) < 4.78 is 0. The molecule has 0 saturated heterocycles. The molecule has 5 heteroatoms. The molecule has 0 spiro atoms. The highest BCUT2D eigenvalue weighted by Gasteiger charge is 2.29. The van der Waals surface area contributed by atoms with Crippen LogP contribution in [0, 0.1) is 5.92 Å². The Balaban J connectivity index is 2.01. The van der Waals surface area contributed by atoms with Crippen molar-refractivity contribution in [1.29, 1.82) is 0 Å². The lowest BCUT2D eigenvalue weighted by Gasteiger charge is -2.15. The average molecular weight is 223 g/mol. The number of imidazole rings is 1. The van der Waals surface area contributed by atoms with Crippen molar-refractivity contribution >= 4 is 5.97 Å². The van der Waals surface area contributed by atoms with Crippen LogP contribution in [0.5, 0.6) is 0 Å². The smallest absolute Gasteiger partial charge is 0.312 e. The van der Waals surface area contributed by atoms with Gasteiger partial charge in [0.2, 0.25) is 0 Å². The summed E-state index contributed by atoms with van der Waals surface area (Å²) in [5, 5.41) is 9.19. The van der Waals surface area contributed by atoms with E-state index in [1.54, 1.807) is 6.20 Å². The number of carbonyl (C=O) groups is 1. The lowest BCUT2D eigenvalue weighted by atomic mass is 9.91. The molecule has 1 heterocycles. The number of rotatable bonds is 4. The number of nitrogens with one attached hydrogen (secondary N) is 1. The standard InChI is InChI=1S/C11H17N3O2/c12-8-2-1-7(3-8)4-9(11(15)16)10-5-13-6-14-10/h5-9H,1-4,12H2,(H,13,14)(H,15,16)/t7-,8-,9?/m0/s1. The summed E-state index contributed by atoms with van der Waals surface area (Å²) in [5.41, 5.74) is 6.52. The second-order valence-corrected chi connectivity index (χ2v) is 4.57. The Labute approximate surface area is 94.1 Å². The topological polar surface area (TPSA) is 92.0 Å². The number of carboxylic acids is 1. The van der Waals surface area contributed by atoms with E-state index in [0.29, 0.717) is 18.0 Å². The number of aromatic amines is 1. The lowest BCUT2D eigenvalue weighted by Crippen LogP contribution is -2.18. The van der Waals surface area contributed by atoms with Crippen LogP contribution in [0.15, 0.2) is 12.5 Å². The first-order valence-corrected chi connectivity index (χ1v) is 5.63. The molecule has 1 aromatic rings. The van der Waals surface area contributed by atoms with Crippen LogP contribution in [0.25, 0.3) is 0 Å². The van der Waals surface area contributed by atoms with Gasteiger partial charge in [0, 0.05) is 17.9 Å². The van der Waals surface area contributed by atoms with E-state index in [4.69, 9.17) is 5.73 Å². The van der Waals surface area contributed by atoms with Gasteiger partial charge in [-0.1, -0.05) is 0 Å². The quantitative estimate of drug-likeness (QED) is 0.712. The van der Waals surface area contributed by atoms with Gasteiger partial charge in [-0.05, 0) is 31.6 Å². The molecule has 16 heavy (non-hydrogen) atoms. The van der Waals surface area contributed by atoms with Crippen molar-refractivity contribution in [2.24, 2.45) is 11.7 Å². The fourth-order valence-electron chi connectivity index (χ4n) is 2.48. The average Bonchev–Trinajstić information content (AvgIpc) is 2.84. The molecule has 88 valence electrons. The van der Waals surface area contributed by atoms with Gasteiger partial charge < -0.3 is 15.8 Å². The zero-order valence-electron chi connectivity index (χ0n) is 9.10. The maximum atomic E-state index is 11.2. The van der Waals surface area contributed by atoms with Crippen LogP contribution < -0.4 is 5.73 Å². The summed E-state index contributed by atoms with van der Waals surface area (Å²) in [6.07, 6.45) is 6.77. The minimum Gasteiger partial charge on any atom is -0.481 e. The summed E-state index contributed by atoms with van der Waals surface area (Å²) in [7, 11) is 0. The zero-order chi connectivity index (χ0) is 11.5. The van der Waals surface area contributed by atoms with Crippen LogP contribution >= 0.6 is 0 Å². The van der Waals surface area contributed by atoms with Gasteiger partial charge in [0.15, 0.2) is 0 Å². The Kier molecular flexibility index (Phi) is 3.24. The Morgan fingerprint density at radius 2 is 2.50 bits per heavy atom. The zero-order valence-corrected chi connectivity index (χ0v) is 9.10. The molecule has 1 saturated carbocycles. The molecular formula is C11H17N3O2. The summed E-state index contributed by atoms with van der Waals surface area (Å²) in [6.45, 7) is 0. The molecule has 1 aliphatic carbocycles. The van der Waals surface area contributed by atoms with Crippen molar-refractivity contribution in [2.75, 3.05) is 0 Å². The predicted molar refractivity (Wildman–Crippen MR) is 58.9 cm³/mol. The van der Waals surface area contributed by atoms with E-state index < -0.39 is 11.9 Å². The van der Waals surface area contributed by atoms with Crippen LogP contribution in [0.4, 0.5) is 0 Å². The van der Waals surface area contributed by atoms with Gasteiger partial charge in [-0.15, -0.1) is 0 Å². The number of aromatic nitrogens is 2. The monoisotopic (exact) mass is 223 g/mol. The Bertz CT molecular complexity index is 350. The molecule has 0 radical (unpaired) electrons. The highest BCUT2D eigenvalue weighted by molar-refractivity contribution is 5.75. The van der Waals surface area contributed by atoms with Crippen LogP contribution in [0.1, 0.15) is 37.3 Å². The highest BCUT2D eigenvalue weighted by atomic mass is 16.4. The Morgan fingerprint density at radius 1 is 1.69 bits per heavy atom. The number of hydrogen-bond acceptors (Lipinski definition) is 3. The highest BCUT2D eigenvalue weighted by Crippen LogP contribution is 2.33. The maximum Gasteiger partial charge on any atom is 0.312 e. The molecule has 1 unspecified atom stereocenters. The number of hydrogen-bond donors (Lipinski definition) is 3. The van der Waals surface area contributed by atoms with Gasteiger partial charge in [-0.2, -0.15) is 0 Å². The molecule has 0 amide bonds. The van der Waals surface area contributed by atoms with Gasteiger partial charge in [0.1, 0.15) is 0 Å². The molecule has 1 aromatic heterocycles. The van der Waals surface area contributed by atoms with Crippen molar-refractivity contribution in [1.82, 2.24) is 9.97 Å². The number of nitrogens with two attached hydrogens (primary N) is 1. The fourth-order valence-corrected chi connectivity index (χ4v) is 2.48. The molecular weight excluding hydrogens is 206 g/mol. The van der Waals surface area contributed by atoms with E-state index >= 15 is 0 Å². The van der Waals surface area contributed by atoms with Crippen LogP contribution in [-0.2, 0) is 4.79 Å². The van der Waals surface area contributed by atoms with Gasteiger partial charge in [0.25, 0.3) is 0 Å². The summed E-state index contributed by atoms with van der Waals surface area (Å²) in [5.74, 6) is -0.832. The molecule has 1 aliphatic rings. The largest absolute Gasteiger partial charge is 0.481 e. The number of aliphatic carboxylic acids is 1. The Hall–Kier alpha value is -1.36. The van der Waals surface area contributed by atoms with Crippen LogP contribution in [-0.4, -0.2) is 27.1 Å². The maximum absolute atomic E-state index is 11.2. The first kappa shape index (κ1) is 11.1. The molecule has 5 nitrogen and oxygen atoms in total. The van der Waals surface area contributed by atoms with Gasteiger partial charge in [-0.3, -0.25) is 4.79 Å². The van der Waals surface area contributed by atoms with Crippen molar-refractivity contribution in [3.63, 3.8) is 0 Å². The van der Waals surface area contributed by atoms with Gasteiger partial charge in [-0.25, -0.2) is 4.98 Å². The van der Waals surface area contributed by atoms with Crippen molar-refractivity contribution < 1.29 is 9.90 Å². The molecule has 3 atom stereocenters. The van der Waals surface area contributed by atoms with Crippen molar-refractivity contribution in [3.8, 4) is 0 Å². The van der Waals surface area contributed by atoms with Crippen molar-refractivity contribution in [2.45, 2.75) is 37.6 Å². The second kappa shape index (κ2) is 4.65. The lowest BCUT2D eigenvalue weighted by molar-refractivity contribution is -0.139. The normalized spacial score (nSPS) is 26.8. The first-order chi connectivity index (χ1) is 7.66. The third-order valence-corrected chi connectivity index (χ3v) is 3.34. The number of nitrogens with zero attached hydrogens (tertiary/aromatic N) is 1. The third kappa shape index (κ3) is 2.41. The molecule has 2 rings (SSSR count). The summed E-state index contributed by atoms with van der Waals surface area (Å²) in [6, 6.07) is 0.251. The Morgan fingerprint density at radius 3 is 3.00 bits per heavy atom. The minimum atomic E-state index is -0.787. The minimum absolute atomic E-state index is 0.251. The predicted octanol–water partition coefficient (Wildman–Crippen LogP) is 1.10. The fraction of sp³-hybridized carbons (Fsp3) is 0.636. The van der Waals surface area contributed by atoms with Crippen LogP contribution in [0.2, 0.25) is 0 Å². The SMILES string of the molecule is N[C@H]1CC[C@H](CC(C(=O)O)c2cnc[nH]2)C1. The number of H-pyrrole nitrogens is 1. The van der Waals surface area contributed by atoms with Gasteiger partial charge >= 0.3 is 5.97 Å². The first-order valence-electron chi connectivity index (χ1n) is 5.63. The van der Waals surface area contributed by atoms with Crippen molar-refractivity contribution in [3.05, 3.63) is 18.2 Å². The van der Waals surface area contributed by atoms with Crippen LogP contribution in [0.3, 0.4) is 0 Å². The number of carboxylic acid groups (broad SMARTS) is 1. The van der Waals surface area contributed by atoms with E-state index in [1.165, 1.54) is 6.33 Å². The molecule has 4 N–H and O–H groups in total. The summed E-state index contributed by atoms with van der Waals surface area (Å²) in [4.78, 5) is 17.9. The molecule has 1 fully saturated rings. The van der Waals surface area contributed by atoms with E-state index in [9.17, 15) is 9.90 Å². The third-order valence-electron chi connectivity index (χ3n) is 3.34. The van der Waals surface area contributed by atoms with E-state index in [0.717, 1.165) is 19.3 Å². The van der Waals surface area contributed by atoms with E-state index in [2.05, 4.69) is 9.97 Å². The van der Waals surface area contributed by atoms with E-state index in [-0.39, 0.29) is 6.04 Å². The second-order valence-electron chi connectivity index (χ2n) is 4.57. The van der Waals surface area contributed by atoms with E-state index in [1.807, 2.05) is 0 Å². The summed E-state index contributed by atoms with van der Waals surface area (Å²) >= 11 is 0. The van der Waals surface area contributed by atoms with Gasteiger partial charge in [0.05, 0.1) is 12.2 Å².